The Morgan fingerprint density at radius 3 is 2.16 bits per heavy atom. The lowest BCUT2D eigenvalue weighted by Gasteiger charge is -2.36. The number of amides is 1. The van der Waals surface area contributed by atoms with Crippen molar-refractivity contribution in [2.24, 2.45) is 0 Å². The van der Waals surface area contributed by atoms with E-state index in [0.29, 0.717) is 24.2 Å². The van der Waals surface area contributed by atoms with Gasteiger partial charge in [-0.05, 0) is 54.3 Å². The van der Waals surface area contributed by atoms with Crippen LogP contribution < -0.4 is 10.1 Å². The van der Waals surface area contributed by atoms with E-state index in [1.807, 2.05) is 57.2 Å². The highest BCUT2D eigenvalue weighted by Gasteiger charge is 2.45. The SMILES string of the molecule is COC(=O)C1(NC(=O)c2cccc(C)c2OC(C)C)Cc2cccc3cccc(c23)C1. The van der Waals surface area contributed by atoms with Gasteiger partial charge in [0.05, 0.1) is 18.8 Å². The van der Waals surface area contributed by atoms with Crippen molar-refractivity contribution in [3.63, 3.8) is 0 Å². The molecule has 3 aromatic rings. The zero-order valence-corrected chi connectivity index (χ0v) is 18.3. The molecule has 5 heteroatoms. The van der Waals surface area contributed by atoms with Gasteiger partial charge in [0.15, 0.2) is 0 Å². The standard InChI is InChI=1S/C26H27NO4/c1-16(2)31-23-17(3)8-5-13-21(23)24(28)27-26(25(29)30-4)14-19-11-6-9-18-10-7-12-20(15-26)22(18)19/h5-13,16H,14-15H2,1-4H3,(H,27,28). The fourth-order valence-corrected chi connectivity index (χ4v) is 4.50. The first kappa shape index (κ1) is 20.9. The van der Waals surface area contributed by atoms with Gasteiger partial charge >= 0.3 is 5.97 Å². The van der Waals surface area contributed by atoms with Crippen LogP contribution in [0.5, 0.6) is 5.75 Å². The highest BCUT2D eigenvalue weighted by molar-refractivity contribution is 6.02. The summed E-state index contributed by atoms with van der Waals surface area (Å²) in [6, 6.07) is 17.5. The van der Waals surface area contributed by atoms with E-state index in [9.17, 15) is 9.59 Å². The number of ether oxygens (including phenoxy) is 2. The van der Waals surface area contributed by atoms with Crippen LogP contribution in [0, 0.1) is 6.92 Å². The summed E-state index contributed by atoms with van der Waals surface area (Å²) in [6.45, 7) is 5.74. The summed E-state index contributed by atoms with van der Waals surface area (Å²) in [5.74, 6) is -0.268. The first-order valence-corrected chi connectivity index (χ1v) is 10.5. The van der Waals surface area contributed by atoms with Gasteiger partial charge in [-0.1, -0.05) is 48.5 Å². The molecule has 0 unspecified atom stereocenters. The van der Waals surface area contributed by atoms with Gasteiger partial charge in [0.25, 0.3) is 5.91 Å². The van der Waals surface area contributed by atoms with Crippen molar-refractivity contribution >= 4 is 22.6 Å². The summed E-state index contributed by atoms with van der Waals surface area (Å²) >= 11 is 0. The molecule has 0 fully saturated rings. The van der Waals surface area contributed by atoms with Crippen LogP contribution >= 0.6 is 0 Å². The minimum Gasteiger partial charge on any atom is -0.490 e. The molecule has 0 spiro atoms. The minimum absolute atomic E-state index is 0.0821. The normalized spacial score (nSPS) is 14.4. The van der Waals surface area contributed by atoms with Crippen LogP contribution in [0.3, 0.4) is 0 Å². The highest BCUT2D eigenvalue weighted by atomic mass is 16.5. The summed E-state index contributed by atoms with van der Waals surface area (Å²) in [5.41, 5.74) is 2.13. The Kier molecular flexibility index (Phi) is 5.44. The molecule has 1 amide bonds. The number of hydrogen-bond acceptors (Lipinski definition) is 4. The van der Waals surface area contributed by atoms with Gasteiger partial charge in [-0.3, -0.25) is 4.79 Å². The van der Waals surface area contributed by atoms with Crippen LogP contribution in [0.1, 0.15) is 40.9 Å². The molecule has 0 bridgehead atoms. The largest absolute Gasteiger partial charge is 0.490 e. The summed E-state index contributed by atoms with van der Waals surface area (Å²) in [5, 5.41) is 5.31. The molecule has 0 aromatic heterocycles. The van der Waals surface area contributed by atoms with Crippen LogP contribution in [0.15, 0.2) is 54.6 Å². The number of nitrogens with one attached hydrogen (secondary N) is 1. The lowest BCUT2D eigenvalue weighted by Crippen LogP contribution is -2.59. The van der Waals surface area contributed by atoms with E-state index in [-0.39, 0.29) is 12.0 Å². The fraction of sp³-hybridized carbons (Fsp3) is 0.308. The van der Waals surface area contributed by atoms with Crippen molar-refractivity contribution in [3.05, 3.63) is 76.9 Å². The Hall–Kier alpha value is -3.34. The monoisotopic (exact) mass is 417 g/mol. The number of para-hydroxylation sites is 1. The molecule has 1 aliphatic carbocycles. The van der Waals surface area contributed by atoms with Crippen LogP contribution in [-0.4, -0.2) is 30.6 Å². The van der Waals surface area contributed by atoms with E-state index in [1.165, 1.54) is 7.11 Å². The van der Waals surface area contributed by atoms with Crippen molar-refractivity contribution in [2.45, 2.75) is 45.3 Å². The Balaban J connectivity index is 1.76. The van der Waals surface area contributed by atoms with Crippen molar-refractivity contribution < 1.29 is 19.1 Å². The second-order valence-corrected chi connectivity index (χ2v) is 8.43. The van der Waals surface area contributed by atoms with E-state index in [4.69, 9.17) is 9.47 Å². The lowest BCUT2D eigenvalue weighted by atomic mass is 9.76. The van der Waals surface area contributed by atoms with Gasteiger partial charge in [-0.2, -0.15) is 0 Å². The quantitative estimate of drug-likeness (QED) is 0.626. The van der Waals surface area contributed by atoms with E-state index >= 15 is 0 Å². The van der Waals surface area contributed by atoms with Crippen LogP contribution in [0.2, 0.25) is 0 Å². The van der Waals surface area contributed by atoms with Gasteiger partial charge in [0.1, 0.15) is 11.3 Å². The number of rotatable bonds is 5. The number of hydrogen-bond donors (Lipinski definition) is 1. The summed E-state index contributed by atoms with van der Waals surface area (Å²) in [4.78, 5) is 26.5. The number of benzene rings is 3. The van der Waals surface area contributed by atoms with Gasteiger partial charge in [-0.15, -0.1) is 0 Å². The third-order valence-corrected chi connectivity index (χ3v) is 5.80. The molecule has 0 aliphatic heterocycles. The molecule has 3 aromatic carbocycles. The number of methoxy groups -OCH3 is 1. The van der Waals surface area contributed by atoms with E-state index in [0.717, 1.165) is 27.5 Å². The van der Waals surface area contributed by atoms with Crippen molar-refractivity contribution in [2.75, 3.05) is 7.11 Å². The van der Waals surface area contributed by atoms with Crippen LogP contribution in [-0.2, 0) is 22.4 Å². The maximum Gasteiger partial charge on any atom is 0.332 e. The molecule has 0 heterocycles. The summed E-state index contributed by atoms with van der Waals surface area (Å²) in [6.07, 6.45) is 0.652. The molecule has 1 aliphatic rings. The average molecular weight is 418 g/mol. The van der Waals surface area contributed by atoms with Crippen molar-refractivity contribution in [1.29, 1.82) is 0 Å². The molecular weight excluding hydrogens is 390 g/mol. The second kappa shape index (κ2) is 8.06. The fourth-order valence-electron chi connectivity index (χ4n) is 4.50. The first-order chi connectivity index (χ1) is 14.8. The molecule has 160 valence electrons. The predicted molar refractivity (Wildman–Crippen MR) is 121 cm³/mol. The summed E-state index contributed by atoms with van der Waals surface area (Å²) < 4.78 is 11.1. The van der Waals surface area contributed by atoms with E-state index in [2.05, 4.69) is 17.4 Å². The molecule has 4 rings (SSSR count). The topological polar surface area (TPSA) is 64.6 Å². The van der Waals surface area contributed by atoms with E-state index < -0.39 is 11.5 Å². The van der Waals surface area contributed by atoms with Gasteiger partial charge in [-0.25, -0.2) is 4.79 Å². The first-order valence-electron chi connectivity index (χ1n) is 10.5. The van der Waals surface area contributed by atoms with Gasteiger partial charge < -0.3 is 14.8 Å². The van der Waals surface area contributed by atoms with Crippen molar-refractivity contribution in [1.82, 2.24) is 5.32 Å². The molecule has 5 nitrogen and oxygen atoms in total. The number of esters is 1. The lowest BCUT2D eigenvalue weighted by molar-refractivity contribution is -0.148. The predicted octanol–water partition coefficient (Wildman–Crippen LogP) is 4.38. The maximum absolute atomic E-state index is 13.4. The van der Waals surface area contributed by atoms with Gasteiger partial charge in [0, 0.05) is 12.8 Å². The summed E-state index contributed by atoms with van der Waals surface area (Å²) in [7, 11) is 1.36. The zero-order valence-electron chi connectivity index (χ0n) is 18.3. The van der Waals surface area contributed by atoms with Crippen LogP contribution in [0.25, 0.3) is 10.8 Å². The maximum atomic E-state index is 13.4. The molecule has 1 N–H and O–H groups in total. The number of carbonyl (C=O) groups excluding carboxylic acids is 2. The molecule has 0 saturated heterocycles. The average Bonchev–Trinajstić information content (AvgIpc) is 2.74. The molecule has 0 saturated carbocycles. The third kappa shape index (κ3) is 3.76. The Morgan fingerprint density at radius 1 is 0.968 bits per heavy atom. The molecule has 0 atom stereocenters. The minimum atomic E-state index is -1.19. The number of aryl methyl sites for hydroxylation is 1. The smallest absolute Gasteiger partial charge is 0.332 e. The Morgan fingerprint density at radius 2 is 1.58 bits per heavy atom. The third-order valence-electron chi connectivity index (χ3n) is 5.80. The second-order valence-electron chi connectivity index (χ2n) is 8.43. The Bertz CT molecular complexity index is 1120. The molecular formula is C26H27NO4. The van der Waals surface area contributed by atoms with Crippen molar-refractivity contribution in [3.8, 4) is 5.75 Å². The highest BCUT2D eigenvalue weighted by Crippen LogP contribution is 2.36. The molecule has 31 heavy (non-hydrogen) atoms. The Labute approximate surface area is 182 Å². The molecule has 0 radical (unpaired) electrons. The van der Waals surface area contributed by atoms with Gasteiger partial charge in [0.2, 0.25) is 0 Å². The number of carbonyl (C=O) groups is 2. The zero-order chi connectivity index (χ0) is 22.2. The van der Waals surface area contributed by atoms with E-state index in [1.54, 1.807) is 6.07 Å². The van der Waals surface area contributed by atoms with Crippen LogP contribution in [0.4, 0.5) is 0 Å².